The molecule has 1 fully saturated rings. The van der Waals surface area contributed by atoms with Crippen LogP contribution in [0.1, 0.15) is 64.5 Å². The lowest BCUT2D eigenvalue weighted by Gasteiger charge is -2.51. The third-order valence-corrected chi connectivity index (χ3v) is 8.66. The Hall–Kier alpha value is -0.690. The Labute approximate surface area is 186 Å². The molecule has 2 aliphatic rings. The van der Waals surface area contributed by atoms with E-state index >= 15 is 0 Å². The molecule has 4 nitrogen and oxygen atoms in total. The lowest BCUT2D eigenvalue weighted by atomic mass is 9.61. The third kappa shape index (κ3) is 3.98. The smallest absolute Gasteiger partial charge is 0.118 e. The molecule has 0 aromatic heterocycles. The predicted molar refractivity (Wildman–Crippen MR) is 123 cm³/mol. The van der Waals surface area contributed by atoms with Crippen LogP contribution in [-0.4, -0.2) is 28.8 Å². The number of rotatable bonds is 6. The highest BCUT2D eigenvalue weighted by atomic mass is 79.9. The van der Waals surface area contributed by atoms with Crippen molar-refractivity contribution < 1.29 is 13.7 Å². The van der Waals surface area contributed by atoms with Gasteiger partial charge in [0.05, 0.1) is 28.4 Å². The van der Waals surface area contributed by atoms with Crippen LogP contribution in [0.5, 0.6) is 0 Å². The van der Waals surface area contributed by atoms with Crippen molar-refractivity contribution in [2.45, 2.75) is 76.2 Å². The molecule has 1 saturated carbocycles. The molecule has 3 rings (SSSR count). The molecule has 0 heterocycles. The van der Waals surface area contributed by atoms with E-state index in [1.54, 1.807) is 7.11 Å². The van der Waals surface area contributed by atoms with E-state index in [0.717, 1.165) is 42.1 Å². The molecule has 0 amide bonds. The first kappa shape index (κ1) is 23.0. The highest BCUT2D eigenvalue weighted by molar-refractivity contribution is 9.10. The topological polar surface area (TPSA) is 47.6 Å². The van der Waals surface area contributed by atoms with E-state index in [0.29, 0.717) is 12.4 Å². The monoisotopic (exact) mass is 483 g/mol. The van der Waals surface area contributed by atoms with E-state index < -0.39 is 21.3 Å². The Kier molecular flexibility index (Phi) is 6.69. The van der Waals surface area contributed by atoms with Crippen LogP contribution in [0.3, 0.4) is 0 Å². The first-order chi connectivity index (χ1) is 13.6. The van der Waals surface area contributed by atoms with Gasteiger partial charge in [-0.05, 0) is 83.1 Å². The predicted octanol–water partition coefficient (Wildman–Crippen LogP) is 5.38. The molecule has 0 radical (unpaired) electrons. The van der Waals surface area contributed by atoms with Crippen LogP contribution >= 0.6 is 15.9 Å². The number of benzene rings is 1. The summed E-state index contributed by atoms with van der Waals surface area (Å²) >= 11 is 3.65. The van der Waals surface area contributed by atoms with Crippen LogP contribution < -0.4 is 4.72 Å². The van der Waals surface area contributed by atoms with Crippen LogP contribution in [-0.2, 0) is 32.4 Å². The molecule has 1 aromatic carbocycles. The fourth-order valence-corrected chi connectivity index (χ4v) is 6.39. The molecule has 1 aromatic rings. The molecular formula is C23H34BrNO3S. The van der Waals surface area contributed by atoms with Gasteiger partial charge in [0.2, 0.25) is 0 Å². The summed E-state index contributed by atoms with van der Waals surface area (Å²) < 4.78 is 29.4. The highest BCUT2D eigenvalue weighted by Crippen LogP contribution is 2.61. The van der Waals surface area contributed by atoms with Crippen molar-refractivity contribution in [2.75, 3.05) is 13.7 Å². The van der Waals surface area contributed by atoms with Crippen molar-refractivity contribution in [2.24, 2.45) is 5.41 Å². The Morgan fingerprint density at radius 1 is 1.34 bits per heavy atom. The summed E-state index contributed by atoms with van der Waals surface area (Å²) in [7, 11) is 0.514. The van der Waals surface area contributed by atoms with Crippen molar-refractivity contribution in [3.63, 3.8) is 0 Å². The molecule has 0 aliphatic heterocycles. The van der Waals surface area contributed by atoms with Crippen LogP contribution in [0.2, 0.25) is 0 Å². The van der Waals surface area contributed by atoms with Gasteiger partial charge in [0.25, 0.3) is 0 Å². The summed E-state index contributed by atoms with van der Waals surface area (Å²) in [6, 6.07) is 6.43. The van der Waals surface area contributed by atoms with Crippen molar-refractivity contribution >= 4 is 26.9 Å². The molecule has 0 saturated heterocycles. The van der Waals surface area contributed by atoms with Crippen molar-refractivity contribution in [3.05, 3.63) is 46.1 Å². The van der Waals surface area contributed by atoms with Crippen LogP contribution in [0.15, 0.2) is 35.0 Å². The van der Waals surface area contributed by atoms with Crippen molar-refractivity contribution in [1.29, 1.82) is 0 Å². The van der Waals surface area contributed by atoms with Crippen LogP contribution in [0.25, 0.3) is 0 Å². The second-order valence-electron chi connectivity index (χ2n) is 9.28. The third-order valence-electron chi connectivity index (χ3n) is 6.56. The Bertz CT molecular complexity index is 796. The SMILES string of the molecule is C=C(OCC)[C@@]1(N[S@](=O)C(C)(C)C)c2cc(Br)ccc2CC12CCC(OC)CC2. The summed E-state index contributed by atoms with van der Waals surface area (Å²) in [6.07, 6.45) is 5.11. The maximum absolute atomic E-state index is 13.4. The van der Waals surface area contributed by atoms with Gasteiger partial charge in [0, 0.05) is 17.0 Å². The summed E-state index contributed by atoms with van der Waals surface area (Å²) in [4.78, 5) is 0. The number of methoxy groups -OCH3 is 1. The summed E-state index contributed by atoms with van der Waals surface area (Å²) in [5, 5.41) is 0. The zero-order valence-corrected chi connectivity index (χ0v) is 20.7. The Morgan fingerprint density at radius 3 is 2.55 bits per heavy atom. The maximum atomic E-state index is 13.4. The van der Waals surface area contributed by atoms with Crippen LogP contribution in [0, 0.1) is 5.41 Å². The first-order valence-corrected chi connectivity index (χ1v) is 12.4. The van der Waals surface area contributed by atoms with Gasteiger partial charge in [0.1, 0.15) is 11.3 Å². The standard InChI is InChI=1S/C23H34BrNO3S/c1-7-28-16(2)23(25-29(26)21(3,4)5)20-14-18(24)9-8-17(20)15-22(23)12-10-19(27-6)11-13-22/h8-9,14,19,25H,2,7,10-13,15H2,1,3-6H3/t19?,22?,23-,29-/m1/s1. The maximum Gasteiger partial charge on any atom is 0.118 e. The average Bonchev–Trinajstić information content (AvgIpc) is 2.92. The number of ether oxygens (including phenoxy) is 2. The first-order valence-electron chi connectivity index (χ1n) is 10.4. The van der Waals surface area contributed by atoms with E-state index in [2.05, 4.69) is 45.4 Å². The minimum atomic E-state index is -1.28. The molecule has 1 spiro atoms. The lowest BCUT2D eigenvalue weighted by Crippen LogP contribution is -2.59. The van der Waals surface area contributed by atoms with Gasteiger partial charge in [-0.3, -0.25) is 0 Å². The van der Waals surface area contributed by atoms with Crippen molar-refractivity contribution in [3.8, 4) is 0 Å². The molecule has 0 unspecified atom stereocenters. The number of halogens is 1. The zero-order chi connectivity index (χ0) is 21.4. The summed E-state index contributed by atoms with van der Waals surface area (Å²) in [5.74, 6) is 0.672. The minimum absolute atomic E-state index is 0.141. The van der Waals surface area contributed by atoms with Gasteiger partial charge in [-0.25, -0.2) is 8.93 Å². The molecule has 0 bridgehead atoms. The molecule has 162 valence electrons. The second kappa shape index (κ2) is 8.45. The van der Waals surface area contributed by atoms with Crippen molar-refractivity contribution in [1.82, 2.24) is 4.72 Å². The molecule has 29 heavy (non-hydrogen) atoms. The van der Waals surface area contributed by atoms with Gasteiger partial charge in [-0.1, -0.05) is 28.6 Å². The van der Waals surface area contributed by atoms with E-state index in [-0.39, 0.29) is 11.5 Å². The Morgan fingerprint density at radius 2 is 2.00 bits per heavy atom. The van der Waals surface area contributed by atoms with Gasteiger partial charge >= 0.3 is 0 Å². The van der Waals surface area contributed by atoms with E-state index in [1.807, 2.05) is 27.7 Å². The summed E-state index contributed by atoms with van der Waals surface area (Å²) in [5.41, 5.74) is 1.58. The number of fused-ring (bicyclic) bond motifs is 1. The number of hydrogen-bond donors (Lipinski definition) is 1. The quantitative estimate of drug-likeness (QED) is 0.552. The zero-order valence-electron chi connectivity index (χ0n) is 18.3. The molecule has 2 aliphatic carbocycles. The largest absolute Gasteiger partial charge is 0.496 e. The average molecular weight is 485 g/mol. The van der Waals surface area contributed by atoms with Gasteiger partial charge in [-0.2, -0.15) is 0 Å². The normalized spacial score (nSPS) is 30.2. The highest BCUT2D eigenvalue weighted by Gasteiger charge is 2.62. The number of nitrogens with one attached hydrogen (secondary N) is 1. The summed E-state index contributed by atoms with van der Waals surface area (Å²) in [6.45, 7) is 12.9. The Balaban J connectivity index is 2.19. The molecular weight excluding hydrogens is 450 g/mol. The second-order valence-corrected chi connectivity index (χ2v) is 12.2. The van der Waals surface area contributed by atoms with Gasteiger partial charge in [-0.15, -0.1) is 0 Å². The number of hydrogen-bond acceptors (Lipinski definition) is 3. The molecule has 6 heteroatoms. The van der Waals surface area contributed by atoms with Gasteiger partial charge < -0.3 is 9.47 Å². The fraction of sp³-hybridized carbons (Fsp3) is 0.652. The van der Waals surface area contributed by atoms with E-state index in [1.165, 1.54) is 5.56 Å². The fourth-order valence-electron chi connectivity index (χ4n) is 5.01. The van der Waals surface area contributed by atoms with E-state index in [9.17, 15) is 4.21 Å². The van der Waals surface area contributed by atoms with Crippen LogP contribution in [0.4, 0.5) is 0 Å². The lowest BCUT2D eigenvalue weighted by molar-refractivity contribution is -0.0152. The molecule has 2 atom stereocenters. The minimum Gasteiger partial charge on any atom is -0.496 e. The molecule has 1 N–H and O–H groups in total. The van der Waals surface area contributed by atoms with E-state index in [4.69, 9.17) is 9.47 Å². The van der Waals surface area contributed by atoms with Gasteiger partial charge in [0.15, 0.2) is 0 Å².